The maximum atomic E-state index is 12.5. The van der Waals surface area contributed by atoms with Crippen molar-refractivity contribution in [2.75, 3.05) is 25.4 Å². The summed E-state index contributed by atoms with van der Waals surface area (Å²) in [6, 6.07) is 17.7. The molecule has 0 saturated carbocycles. The van der Waals surface area contributed by atoms with E-state index in [-0.39, 0.29) is 12.0 Å². The van der Waals surface area contributed by atoms with Crippen LogP contribution in [0, 0.1) is 0 Å². The van der Waals surface area contributed by atoms with Crippen LogP contribution in [0.4, 0.5) is 5.69 Å². The average Bonchev–Trinajstić information content (AvgIpc) is 3.08. The van der Waals surface area contributed by atoms with Gasteiger partial charge in [0.25, 0.3) is 5.91 Å². The number of anilines is 1. The van der Waals surface area contributed by atoms with Crippen molar-refractivity contribution in [3.8, 4) is 0 Å². The molecule has 0 bridgehead atoms. The number of nitrogens with zero attached hydrogens (tertiary/aromatic N) is 1. The molecule has 2 aromatic carbocycles. The molecule has 4 nitrogen and oxygen atoms in total. The highest BCUT2D eigenvalue weighted by Crippen LogP contribution is 2.19. The van der Waals surface area contributed by atoms with Crippen LogP contribution in [-0.4, -0.2) is 36.6 Å². The molecule has 126 valence electrons. The Balaban J connectivity index is 1.42. The van der Waals surface area contributed by atoms with Crippen molar-refractivity contribution in [1.29, 1.82) is 0 Å². The number of ether oxygens (including phenoxy) is 1. The Morgan fingerprint density at radius 1 is 1.12 bits per heavy atom. The minimum absolute atomic E-state index is 0.00323. The monoisotopic (exact) mass is 324 g/mol. The lowest BCUT2D eigenvalue weighted by molar-refractivity contribution is 0.0525. The topological polar surface area (TPSA) is 55.6 Å². The van der Waals surface area contributed by atoms with Crippen LogP contribution in [-0.2, 0) is 11.2 Å². The van der Waals surface area contributed by atoms with Crippen molar-refractivity contribution in [2.45, 2.75) is 25.4 Å². The molecule has 0 aromatic heterocycles. The highest BCUT2D eigenvalue weighted by Gasteiger charge is 2.28. The summed E-state index contributed by atoms with van der Waals surface area (Å²) in [4.78, 5) is 14.4. The van der Waals surface area contributed by atoms with Crippen molar-refractivity contribution in [2.24, 2.45) is 0 Å². The largest absolute Gasteiger partial charge is 0.398 e. The number of nitrogen functional groups attached to an aromatic ring is 1. The second-order valence-corrected chi connectivity index (χ2v) is 6.21. The van der Waals surface area contributed by atoms with E-state index >= 15 is 0 Å². The van der Waals surface area contributed by atoms with Crippen molar-refractivity contribution < 1.29 is 9.53 Å². The molecular formula is C20H24N2O2. The Hall–Kier alpha value is -2.33. The zero-order chi connectivity index (χ0) is 16.8. The quantitative estimate of drug-likeness (QED) is 0.656. The van der Waals surface area contributed by atoms with Crippen LogP contribution in [0.15, 0.2) is 54.6 Å². The number of likely N-dealkylation sites (tertiary alicyclic amines) is 1. The van der Waals surface area contributed by atoms with E-state index in [0.29, 0.717) is 17.8 Å². The van der Waals surface area contributed by atoms with Gasteiger partial charge in [-0.2, -0.15) is 0 Å². The highest BCUT2D eigenvalue weighted by molar-refractivity contribution is 5.99. The molecule has 0 aliphatic carbocycles. The third-order valence-electron chi connectivity index (χ3n) is 4.43. The fourth-order valence-electron chi connectivity index (χ4n) is 3.08. The van der Waals surface area contributed by atoms with Gasteiger partial charge in [-0.05, 0) is 37.0 Å². The first-order valence-electron chi connectivity index (χ1n) is 8.53. The molecular weight excluding hydrogens is 300 g/mol. The number of nitrogens with two attached hydrogens (primary N) is 1. The van der Waals surface area contributed by atoms with Crippen LogP contribution in [0.3, 0.4) is 0 Å². The minimum Gasteiger partial charge on any atom is -0.398 e. The van der Waals surface area contributed by atoms with E-state index in [1.165, 1.54) is 5.56 Å². The highest BCUT2D eigenvalue weighted by atomic mass is 16.5. The number of hydrogen-bond donors (Lipinski definition) is 1. The Kier molecular flexibility index (Phi) is 5.49. The van der Waals surface area contributed by atoms with E-state index in [4.69, 9.17) is 10.5 Å². The van der Waals surface area contributed by atoms with E-state index in [9.17, 15) is 4.79 Å². The second kappa shape index (κ2) is 7.97. The van der Waals surface area contributed by atoms with Crippen molar-refractivity contribution in [1.82, 2.24) is 4.90 Å². The molecule has 24 heavy (non-hydrogen) atoms. The molecule has 1 fully saturated rings. The summed E-state index contributed by atoms with van der Waals surface area (Å²) in [6.45, 7) is 2.12. The number of hydrogen-bond acceptors (Lipinski definition) is 3. The van der Waals surface area contributed by atoms with Crippen molar-refractivity contribution >= 4 is 11.6 Å². The molecule has 1 saturated heterocycles. The molecule has 0 spiro atoms. The zero-order valence-electron chi connectivity index (χ0n) is 13.9. The van der Waals surface area contributed by atoms with Crippen LogP contribution in [0.25, 0.3) is 0 Å². The SMILES string of the molecule is Nc1ccccc1C(=O)N1CCC(OCCCc2ccccc2)C1. The van der Waals surface area contributed by atoms with E-state index in [2.05, 4.69) is 24.3 Å². The fourth-order valence-corrected chi connectivity index (χ4v) is 3.08. The number of benzene rings is 2. The normalized spacial score (nSPS) is 17.2. The van der Waals surface area contributed by atoms with Crippen LogP contribution in [0.5, 0.6) is 0 Å². The first kappa shape index (κ1) is 16.5. The molecule has 1 unspecified atom stereocenters. The third kappa shape index (κ3) is 4.15. The summed E-state index contributed by atoms with van der Waals surface area (Å²) >= 11 is 0. The van der Waals surface area contributed by atoms with E-state index < -0.39 is 0 Å². The predicted octanol–water partition coefficient (Wildman–Crippen LogP) is 3.13. The molecule has 1 amide bonds. The van der Waals surface area contributed by atoms with E-state index in [1.807, 2.05) is 23.1 Å². The number of rotatable bonds is 6. The van der Waals surface area contributed by atoms with Crippen LogP contribution in [0.1, 0.15) is 28.8 Å². The molecule has 1 aliphatic rings. The lowest BCUT2D eigenvalue weighted by atomic mass is 10.1. The summed E-state index contributed by atoms with van der Waals surface area (Å²) in [5, 5.41) is 0. The van der Waals surface area contributed by atoms with Gasteiger partial charge in [0.2, 0.25) is 0 Å². The van der Waals surface area contributed by atoms with Crippen LogP contribution >= 0.6 is 0 Å². The molecule has 1 aliphatic heterocycles. The Bertz CT molecular complexity index is 672. The van der Waals surface area contributed by atoms with Gasteiger partial charge in [-0.15, -0.1) is 0 Å². The molecule has 2 aromatic rings. The molecule has 2 N–H and O–H groups in total. The average molecular weight is 324 g/mol. The second-order valence-electron chi connectivity index (χ2n) is 6.21. The predicted molar refractivity (Wildman–Crippen MR) is 95.9 cm³/mol. The number of amides is 1. The lowest BCUT2D eigenvalue weighted by Crippen LogP contribution is -2.30. The van der Waals surface area contributed by atoms with Gasteiger partial charge in [-0.25, -0.2) is 0 Å². The number of aryl methyl sites for hydroxylation is 1. The Morgan fingerprint density at radius 3 is 2.67 bits per heavy atom. The number of carbonyl (C=O) groups excluding carboxylic acids is 1. The molecule has 1 heterocycles. The van der Waals surface area contributed by atoms with Gasteiger partial charge in [-0.1, -0.05) is 42.5 Å². The number of carbonyl (C=O) groups is 1. The summed E-state index contributed by atoms with van der Waals surface area (Å²) in [5.74, 6) is 0.00323. The smallest absolute Gasteiger partial charge is 0.256 e. The minimum atomic E-state index is 0.00323. The first-order valence-corrected chi connectivity index (χ1v) is 8.53. The molecule has 0 radical (unpaired) electrons. The molecule has 3 rings (SSSR count). The standard InChI is InChI=1S/C20H24N2O2/c21-19-11-5-4-10-18(19)20(23)22-13-12-17(15-22)24-14-6-9-16-7-2-1-3-8-16/h1-5,7-8,10-11,17H,6,9,12-15,21H2. The van der Waals surface area contributed by atoms with Crippen LogP contribution < -0.4 is 5.73 Å². The van der Waals surface area contributed by atoms with Gasteiger partial charge in [0, 0.05) is 25.4 Å². The zero-order valence-corrected chi connectivity index (χ0v) is 13.9. The summed E-state index contributed by atoms with van der Waals surface area (Å²) < 4.78 is 5.95. The summed E-state index contributed by atoms with van der Waals surface area (Å²) in [5.41, 5.74) is 8.36. The van der Waals surface area contributed by atoms with Gasteiger partial charge in [-0.3, -0.25) is 4.79 Å². The summed E-state index contributed by atoms with van der Waals surface area (Å²) in [6.07, 6.45) is 3.05. The Morgan fingerprint density at radius 2 is 1.88 bits per heavy atom. The maximum Gasteiger partial charge on any atom is 0.256 e. The van der Waals surface area contributed by atoms with E-state index in [0.717, 1.165) is 32.4 Å². The maximum absolute atomic E-state index is 12.5. The van der Waals surface area contributed by atoms with Gasteiger partial charge >= 0.3 is 0 Å². The van der Waals surface area contributed by atoms with Gasteiger partial charge in [0.15, 0.2) is 0 Å². The number of para-hydroxylation sites is 1. The van der Waals surface area contributed by atoms with Gasteiger partial charge < -0.3 is 15.4 Å². The van der Waals surface area contributed by atoms with Crippen molar-refractivity contribution in [3.05, 3.63) is 65.7 Å². The van der Waals surface area contributed by atoms with Crippen LogP contribution in [0.2, 0.25) is 0 Å². The third-order valence-corrected chi connectivity index (χ3v) is 4.43. The Labute approximate surface area is 143 Å². The van der Waals surface area contributed by atoms with E-state index in [1.54, 1.807) is 12.1 Å². The lowest BCUT2D eigenvalue weighted by Gasteiger charge is -2.17. The summed E-state index contributed by atoms with van der Waals surface area (Å²) in [7, 11) is 0. The molecule has 1 atom stereocenters. The molecule has 4 heteroatoms. The first-order chi connectivity index (χ1) is 11.7. The fraction of sp³-hybridized carbons (Fsp3) is 0.350. The van der Waals surface area contributed by atoms with Gasteiger partial charge in [0.05, 0.1) is 11.7 Å². The van der Waals surface area contributed by atoms with Crippen molar-refractivity contribution in [3.63, 3.8) is 0 Å². The van der Waals surface area contributed by atoms with Gasteiger partial charge in [0.1, 0.15) is 0 Å².